The number of likely N-dealkylation sites (tertiary alicyclic amines) is 1. The average Bonchev–Trinajstić information content (AvgIpc) is 3.21. The third kappa shape index (κ3) is 4.98. The topological polar surface area (TPSA) is 38.8 Å². The molecule has 0 N–H and O–H groups in total. The predicted octanol–water partition coefficient (Wildman–Crippen LogP) is 4.01. The number of rotatable bonds is 4. The lowest BCUT2D eigenvalue weighted by molar-refractivity contribution is -0.112. The van der Waals surface area contributed by atoms with Gasteiger partial charge in [0.25, 0.3) is 0 Å². The first kappa shape index (κ1) is 17.3. The van der Waals surface area contributed by atoms with Crippen molar-refractivity contribution in [1.29, 1.82) is 0 Å². The second-order valence-electron chi connectivity index (χ2n) is 7.48. The summed E-state index contributed by atoms with van der Waals surface area (Å²) in [5.41, 5.74) is -0.638. The predicted molar refractivity (Wildman–Crippen MR) is 91.9 cm³/mol. The highest BCUT2D eigenvalue weighted by molar-refractivity contribution is 14.1. The van der Waals surface area contributed by atoms with Crippen molar-refractivity contribution in [3.05, 3.63) is 0 Å². The van der Waals surface area contributed by atoms with Crippen molar-refractivity contribution >= 4 is 28.7 Å². The Kier molecular flexibility index (Phi) is 5.45. The fourth-order valence-electron chi connectivity index (χ4n) is 2.87. The molecule has 5 heteroatoms. The van der Waals surface area contributed by atoms with Crippen LogP contribution in [0.5, 0.6) is 0 Å². The largest absolute Gasteiger partial charge is 0.444 e. The minimum atomic E-state index is -0.441. The molecule has 2 fully saturated rings. The van der Waals surface area contributed by atoms with Gasteiger partial charge >= 0.3 is 6.09 Å². The molecule has 21 heavy (non-hydrogen) atoms. The number of piperidine rings is 1. The normalized spacial score (nSPS) is 28.3. The first-order valence-corrected chi connectivity index (χ1v) is 9.49. The Hall–Kier alpha value is -0.0400. The molecule has 0 bridgehead atoms. The molecular weight excluding hydrogens is 381 g/mol. The minimum Gasteiger partial charge on any atom is -0.444 e. The van der Waals surface area contributed by atoms with Gasteiger partial charge in [-0.05, 0) is 59.3 Å². The van der Waals surface area contributed by atoms with Gasteiger partial charge in [-0.1, -0.05) is 22.6 Å². The SMILES string of the molecule is CC(OC1(CI)CCCN(C(=O)OC(C)(C)C)C1)C1CC1. The van der Waals surface area contributed by atoms with Crippen LogP contribution in [-0.4, -0.2) is 45.8 Å². The van der Waals surface area contributed by atoms with Crippen LogP contribution in [-0.2, 0) is 9.47 Å². The quantitative estimate of drug-likeness (QED) is 0.521. The van der Waals surface area contributed by atoms with Crippen LogP contribution in [0.3, 0.4) is 0 Å². The Labute approximate surface area is 142 Å². The molecule has 0 spiro atoms. The maximum absolute atomic E-state index is 12.3. The van der Waals surface area contributed by atoms with Crippen molar-refractivity contribution in [1.82, 2.24) is 4.90 Å². The monoisotopic (exact) mass is 409 g/mol. The number of ether oxygens (including phenoxy) is 2. The van der Waals surface area contributed by atoms with E-state index < -0.39 is 5.60 Å². The Bertz CT molecular complexity index is 378. The summed E-state index contributed by atoms with van der Waals surface area (Å²) in [4.78, 5) is 14.1. The highest BCUT2D eigenvalue weighted by Crippen LogP contribution is 2.38. The lowest BCUT2D eigenvalue weighted by atomic mass is 9.94. The third-order valence-electron chi connectivity index (χ3n) is 4.16. The Balaban J connectivity index is 1.97. The second kappa shape index (κ2) is 6.60. The zero-order valence-corrected chi connectivity index (χ0v) is 15.8. The van der Waals surface area contributed by atoms with Crippen LogP contribution in [0.4, 0.5) is 4.79 Å². The van der Waals surface area contributed by atoms with Gasteiger partial charge in [0.15, 0.2) is 0 Å². The zero-order valence-electron chi connectivity index (χ0n) is 13.7. The van der Waals surface area contributed by atoms with E-state index in [1.807, 2.05) is 25.7 Å². The van der Waals surface area contributed by atoms with Crippen LogP contribution >= 0.6 is 22.6 Å². The number of alkyl halides is 1. The standard InChI is InChI=1S/C16H28INO3/c1-12(13-6-7-13)20-16(10-17)8-5-9-18(11-16)14(19)21-15(2,3)4/h12-13H,5-11H2,1-4H3. The zero-order chi connectivity index (χ0) is 15.7. The van der Waals surface area contributed by atoms with Crippen molar-refractivity contribution in [3.8, 4) is 0 Å². The van der Waals surface area contributed by atoms with E-state index in [-0.39, 0.29) is 11.7 Å². The fraction of sp³-hybridized carbons (Fsp3) is 0.938. The summed E-state index contributed by atoms with van der Waals surface area (Å²) < 4.78 is 12.8. The van der Waals surface area contributed by atoms with E-state index >= 15 is 0 Å². The van der Waals surface area contributed by atoms with Crippen molar-refractivity contribution in [3.63, 3.8) is 0 Å². The van der Waals surface area contributed by atoms with Crippen molar-refractivity contribution in [2.24, 2.45) is 5.92 Å². The van der Waals surface area contributed by atoms with E-state index in [0.29, 0.717) is 12.6 Å². The smallest absolute Gasteiger partial charge is 0.410 e. The number of halogens is 1. The molecule has 1 aliphatic heterocycles. The Morgan fingerprint density at radius 3 is 2.62 bits per heavy atom. The van der Waals surface area contributed by atoms with Gasteiger partial charge in [-0.3, -0.25) is 0 Å². The molecule has 0 radical (unpaired) electrons. The summed E-state index contributed by atoms with van der Waals surface area (Å²) >= 11 is 2.39. The van der Waals surface area contributed by atoms with Crippen LogP contribution in [0.1, 0.15) is 53.4 Å². The molecular formula is C16H28INO3. The molecule has 0 aromatic carbocycles. The molecule has 0 aromatic heterocycles. The number of hydrogen-bond donors (Lipinski definition) is 0. The van der Waals surface area contributed by atoms with E-state index in [4.69, 9.17) is 9.47 Å². The fourth-order valence-corrected chi connectivity index (χ4v) is 3.68. The van der Waals surface area contributed by atoms with Crippen molar-refractivity contribution in [2.45, 2.75) is 70.7 Å². The van der Waals surface area contributed by atoms with Crippen molar-refractivity contribution in [2.75, 3.05) is 17.5 Å². The summed E-state index contributed by atoms with van der Waals surface area (Å²) in [6.07, 6.45) is 4.69. The van der Waals surface area contributed by atoms with Gasteiger partial charge in [-0.15, -0.1) is 0 Å². The number of carbonyl (C=O) groups excluding carboxylic acids is 1. The molecule has 1 saturated heterocycles. The van der Waals surface area contributed by atoms with Gasteiger partial charge in [0.2, 0.25) is 0 Å². The molecule has 1 heterocycles. The van der Waals surface area contributed by atoms with Gasteiger partial charge in [-0.2, -0.15) is 0 Å². The van der Waals surface area contributed by atoms with Gasteiger partial charge < -0.3 is 14.4 Å². The molecule has 122 valence electrons. The number of amides is 1. The molecule has 2 aliphatic rings. The maximum Gasteiger partial charge on any atom is 0.410 e. The van der Waals surface area contributed by atoms with E-state index in [9.17, 15) is 4.79 Å². The molecule has 1 amide bonds. The average molecular weight is 409 g/mol. The molecule has 2 atom stereocenters. The van der Waals surface area contributed by atoms with E-state index in [2.05, 4.69) is 29.5 Å². The van der Waals surface area contributed by atoms with Crippen molar-refractivity contribution < 1.29 is 14.3 Å². The van der Waals surface area contributed by atoms with E-state index in [1.54, 1.807) is 0 Å². The molecule has 4 nitrogen and oxygen atoms in total. The van der Waals surface area contributed by atoms with Gasteiger partial charge in [0.05, 0.1) is 18.2 Å². The van der Waals surface area contributed by atoms with Gasteiger partial charge in [-0.25, -0.2) is 4.79 Å². The first-order chi connectivity index (χ1) is 9.75. The van der Waals surface area contributed by atoms with Crippen LogP contribution in [0.15, 0.2) is 0 Å². The summed E-state index contributed by atoms with van der Waals surface area (Å²) in [6, 6.07) is 0. The van der Waals surface area contributed by atoms with Crippen LogP contribution < -0.4 is 0 Å². The first-order valence-electron chi connectivity index (χ1n) is 7.96. The molecule has 2 unspecified atom stereocenters. The summed E-state index contributed by atoms with van der Waals surface area (Å²) in [6.45, 7) is 9.33. The maximum atomic E-state index is 12.3. The van der Waals surface area contributed by atoms with E-state index in [0.717, 1.165) is 29.7 Å². The lowest BCUT2D eigenvalue weighted by Crippen LogP contribution is -2.54. The number of nitrogens with zero attached hydrogens (tertiary/aromatic N) is 1. The van der Waals surface area contributed by atoms with Crippen LogP contribution in [0, 0.1) is 5.92 Å². The minimum absolute atomic E-state index is 0.197. The van der Waals surface area contributed by atoms with Crippen LogP contribution in [0.2, 0.25) is 0 Å². The summed E-state index contributed by atoms with van der Waals surface area (Å²) in [5, 5.41) is 0. The van der Waals surface area contributed by atoms with Gasteiger partial charge in [0, 0.05) is 11.0 Å². The van der Waals surface area contributed by atoms with Gasteiger partial charge in [0.1, 0.15) is 5.60 Å². The highest BCUT2D eigenvalue weighted by atomic mass is 127. The lowest BCUT2D eigenvalue weighted by Gasteiger charge is -2.43. The molecule has 0 aromatic rings. The third-order valence-corrected chi connectivity index (χ3v) is 5.55. The Morgan fingerprint density at radius 1 is 1.43 bits per heavy atom. The highest BCUT2D eigenvalue weighted by Gasteiger charge is 2.42. The molecule has 1 saturated carbocycles. The number of carbonyl (C=O) groups is 1. The van der Waals surface area contributed by atoms with E-state index in [1.165, 1.54) is 12.8 Å². The Morgan fingerprint density at radius 2 is 2.10 bits per heavy atom. The molecule has 1 aliphatic carbocycles. The number of hydrogen-bond acceptors (Lipinski definition) is 3. The molecule has 2 rings (SSSR count). The summed E-state index contributed by atoms with van der Waals surface area (Å²) in [5.74, 6) is 0.724. The second-order valence-corrected chi connectivity index (χ2v) is 8.25. The summed E-state index contributed by atoms with van der Waals surface area (Å²) in [7, 11) is 0. The van der Waals surface area contributed by atoms with Crippen LogP contribution in [0.25, 0.3) is 0 Å².